The van der Waals surface area contributed by atoms with Gasteiger partial charge in [-0.2, -0.15) is 0 Å². The molecule has 3 aromatic rings. The Labute approximate surface area is 186 Å². The lowest BCUT2D eigenvalue weighted by atomic mass is 10.2. The van der Waals surface area contributed by atoms with Gasteiger partial charge in [-0.25, -0.2) is 8.42 Å². The number of benzene rings is 3. The van der Waals surface area contributed by atoms with Crippen molar-refractivity contribution in [3.63, 3.8) is 0 Å². The van der Waals surface area contributed by atoms with Crippen LogP contribution in [0.1, 0.15) is 22.8 Å². The number of halogens is 1. The third-order valence-electron chi connectivity index (χ3n) is 5.02. The standard InChI is InChI=1S/C23H21ClN2O4S/c1-2-30-22-11-10-19(15-20(22)25-23(27)17-7-5-8-18(24)14-17)31(28,29)26-13-12-16-6-3-4-9-21(16)26/h3-11,14-15H,2,12-13H2,1H3,(H,25,27). The van der Waals surface area contributed by atoms with E-state index in [1.165, 1.54) is 16.4 Å². The third-order valence-corrected chi connectivity index (χ3v) is 7.06. The molecule has 160 valence electrons. The Morgan fingerprint density at radius 2 is 1.90 bits per heavy atom. The lowest BCUT2D eigenvalue weighted by Gasteiger charge is -2.21. The number of hydrogen-bond acceptors (Lipinski definition) is 4. The number of ether oxygens (including phenoxy) is 1. The Morgan fingerprint density at radius 1 is 1.10 bits per heavy atom. The van der Waals surface area contributed by atoms with Gasteiger partial charge in [-0.1, -0.05) is 35.9 Å². The van der Waals surface area contributed by atoms with E-state index in [-0.39, 0.29) is 10.6 Å². The van der Waals surface area contributed by atoms with Gasteiger partial charge in [-0.15, -0.1) is 0 Å². The fourth-order valence-electron chi connectivity index (χ4n) is 3.56. The number of fused-ring (bicyclic) bond motifs is 1. The van der Waals surface area contributed by atoms with Crippen LogP contribution in [0.3, 0.4) is 0 Å². The lowest BCUT2D eigenvalue weighted by Crippen LogP contribution is -2.29. The maximum Gasteiger partial charge on any atom is 0.264 e. The van der Waals surface area contributed by atoms with E-state index in [2.05, 4.69) is 5.32 Å². The van der Waals surface area contributed by atoms with Crippen LogP contribution in [0, 0.1) is 0 Å². The minimum atomic E-state index is -3.81. The number of carbonyl (C=O) groups is 1. The fourth-order valence-corrected chi connectivity index (χ4v) is 5.28. The van der Waals surface area contributed by atoms with Crippen molar-refractivity contribution in [1.82, 2.24) is 0 Å². The highest BCUT2D eigenvalue weighted by molar-refractivity contribution is 7.92. The van der Waals surface area contributed by atoms with E-state index in [1.807, 2.05) is 25.1 Å². The number of hydrogen-bond donors (Lipinski definition) is 1. The molecule has 0 aromatic heterocycles. The highest BCUT2D eigenvalue weighted by Gasteiger charge is 2.31. The smallest absolute Gasteiger partial charge is 0.264 e. The number of amides is 1. The maximum absolute atomic E-state index is 13.4. The lowest BCUT2D eigenvalue weighted by molar-refractivity contribution is 0.102. The Hall–Kier alpha value is -3.03. The van der Waals surface area contributed by atoms with Crippen LogP contribution in [0.15, 0.2) is 71.6 Å². The van der Waals surface area contributed by atoms with Crippen molar-refractivity contribution in [2.45, 2.75) is 18.2 Å². The molecule has 0 unspecified atom stereocenters. The predicted octanol–water partition coefficient (Wildman–Crippen LogP) is 4.74. The van der Waals surface area contributed by atoms with E-state index >= 15 is 0 Å². The number of rotatable bonds is 6. The van der Waals surface area contributed by atoms with Gasteiger partial charge in [-0.05, 0) is 61.4 Å². The van der Waals surface area contributed by atoms with Crippen LogP contribution in [0.25, 0.3) is 0 Å². The predicted molar refractivity (Wildman–Crippen MR) is 122 cm³/mol. The fraction of sp³-hybridized carbons (Fsp3) is 0.174. The first kappa shape index (κ1) is 21.2. The average Bonchev–Trinajstić information content (AvgIpc) is 3.20. The molecule has 0 radical (unpaired) electrons. The second kappa shape index (κ2) is 8.61. The summed E-state index contributed by atoms with van der Waals surface area (Å²) in [7, 11) is -3.81. The topological polar surface area (TPSA) is 75.7 Å². The summed E-state index contributed by atoms with van der Waals surface area (Å²) in [6.45, 7) is 2.55. The van der Waals surface area contributed by atoms with E-state index in [1.54, 1.807) is 36.4 Å². The molecular weight excluding hydrogens is 436 g/mol. The van der Waals surface area contributed by atoms with Gasteiger partial charge in [0.2, 0.25) is 0 Å². The molecule has 4 rings (SSSR count). The second-order valence-electron chi connectivity index (χ2n) is 7.01. The molecule has 8 heteroatoms. The molecule has 0 atom stereocenters. The Morgan fingerprint density at radius 3 is 2.68 bits per heavy atom. The van der Waals surface area contributed by atoms with Crippen LogP contribution in [-0.4, -0.2) is 27.5 Å². The van der Waals surface area contributed by atoms with E-state index in [0.29, 0.717) is 41.6 Å². The molecule has 0 fully saturated rings. The third kappa shape index (κ3) is 4.24. The largest absolute Gasteiger partial charge is 0.492 e. The summed E-state index contributed by atoms with van der Waals surface area (Å²) >= 11 is 5.98. The molecule has 1 aliphatic heterocycles. The zero-order chi connectivity index (χ0) is 22.0. The summed E-state index contributed by atoms with van der Waals surface area (Å²) in [5.74, 6) is -0.0248. The van der Waals surface area contributed by atoms with Gasteiger partial charge in [0.05, 0.1) is 22.9 Å². The van der Waals surface area contributed by atoms with Gasteiger partial charge in [0, 0.05) is 17.1 Å². The minimum Gasteiger partial charge on any atom is -0.492 e. The van der Waals surface area contributed by atoms with Crippen molar-refractivity contribution >= 4 is 38.9 Å². The van der Waals surface area contributed by atoms with Gasteiger partial charge in [-0.3, -0.25) is 9.10 Å². The van der Waals surface area contributed by atoms with E-state index < -0.39 is 15.9 Å². The van der Waals surface area contributed by atoms with Gasteiger partial charge < -0.3 is 10.1 Å². The number of carbonyl (C=O) groups excluding carboxylic acids is 1. The molecule has 3 aromatic carbocycles. The van der Waals surface area contributed by atoms with Crippen molar-refractivity contribution in [2.75, 3.05) is 22.8 Å². The maximum atomic E-state index is 13.4. The van der Waals surface area contributed by atoms with Crippen molar-refractivity contribution in [3.8, 4) is 5.75 Å². The summed E-state index contributed by atoms with van der Waals surface area (Å²) in [4.78, 5) is 12.8. The molecular formula is C23H21ClN2O4S. The van der Waals surface area contributed by atoms with Crippen LogP contribution >= 0.6 is 11.6 Å². The highest BCUT2D eigenvalue weighted by Crippen LogP contribution is 2.35. The molecule has 0 spiro atoms. The van der Waals surface area contributed by atoms with Crippen molar-refractivity contribution in [2.24, 2.45) is 0 Å². The zero-order valence-electron chi connectivity index (χ0n) is 16.8. The Kier molecular flexibility index (Phi) is 5.89. The molecule has 0 aliphatic carbocycles. The summed E-state index contributed by atoms with van der Waals surface area (Å²) < 4.78 is 33.7. The molecule has 1 heterocycles. The molecule has 31 heavy (non-hydrogen) atoms. The number of nitrogens with zero attached hydrogens (tertiary/aromatic N) is 1. The van der Waals surface area contributed by atoms with Crippen molar-refractivity contribution < 1.29 is 17.9 Å². The SMILES string of the molecule is CCOc1ccc(S(=O)(=O)N2CCc3ccccc32)cc1NC(=O)c1cccc(Cl)c1. The highest BCUT2D eigenvalue weighted by atomic mass is 35.5. The molecule has 0 bridgehead atoms. The molecule has 6 nitrogen and oxygen atoms in total. The molecule has 1 amide bonds. The van der Waals surface area contributed by atoms with Gasteiger partial charge >= 0.3 is 0 Å². The summed E-state index contributed by atoms with van der Waals surface area (Å²) in [6, 6.07) is 18.5. The quantitative estimate of drug-likeness (QED) is 0.581. The molecule has 0 saturated heterocycles. The first-order chi connectivity index (χ1) is 14.9. The number of anilines is 2. The van der Waals surface area contributed by atoms with Crippen LogP contribution in [0.2, 0.25) is 5.02 Å². The number of sulfonamides is 1. The Balaban J connectivity index is 1.69. The van der Waals surface area contributed by atoms with E-state index in [9.17, 15) is 13.2 Å². The summed E-state index contributed by atoms with van der Waals surface area (Å²) in [6.07, 6.45) is 0.658. The minimum absolute atomic E-state index is 0.0778. The summed E-state index contributed by atoms with van der Waals surface area (Å²) in [5.41, 5.74) is 2.31. The number of nitrogens with one attached hydrogen (secondary N) is 1. The normalized spacial score (nSPS) is 13.0. The van der Waals surface area contributed by atoms with Crippen molar-refractivity contribution in [1.29, 1.82) is 0 Å². The average molecular weight is 457 g/mol. The van der Waals surface area contributed by atoms with Crippen molar-refractivity contribution in [3.05, 3.63) is 82.9 Å². The molecule has 1 N–H and O–H groups in total. The van der Waals surface area contributed by atoms with E-state index in [4.69, 9.17) is 16.3 Å². The van der Waals surface area contributed by atoms with Gasteiger partial charge in [0.25, 0.3) is 15.9 Å². The van der Waals surface area contributed by atoms with Crippen LogP contribution in [-0.2, 0) is 16.4 Å². The van der Waals surface area contributed by atoms with E-state index in [0.717, 1.165) is 5.56 Å². The van der Waals surface area contributed by atoms with Crippen LogP contribution in [0.5, 0.6) is 5.75 Å². The Bertz CT molecular complexity index is 1240. The first-order valence-electron chi connectivity index (χ1n) is 9.84. The first-order valence-corrected chi connectivity index (χ1v) is 11.7. The van der Waals surface area contributed by atoms with Crippen LogP contribution in [0.4, 0.5) is 11.4 Å². The van der Waals surface area contributed by atoms with Gasteiger partial charge in [0.1, 0.15) is 5.75 Å². The molecule has 1 aliphatic rings. The van der Waals surface area contributed by atoms with Gasteiger partial charge in [0.15, 0.2) is 0 Å². The summed E-state index contributed by atoms with van der Waals surface area (Å²) in [5, 5.41) is 3.19. The number of para-hydroxylation sites is 1. The monoisotopic (exact) mass is 456 g/mol. The zero-order valence-corrected chi connectivity index (χ0v) is 18.4. The second-order valence-corrected chi connectivity index (χ2v) is 9.31. The molecule has 0 saturated carbocycles. The van der Waals surface area contributed by atoms with Crippen LogP contribution < -0.4 is 14.4 Å².